The summed E-state index contributed by atoms with van der Waals surface area (Å²) in [7, 11) is 0. The lowest BCUT2D eigenvalue weighted by molar-refractivity contribution is 0.568. The molecule has 0 radical (unpaired) electrons. The van der Waals surface area contributed by atoms with Crippen molar-refractivity contribution in [2.45, 2.75) is 65.2 Å². The Labute approximate surface area is 98.5 Å². The first-order valence-electron chi connectivity index (χ1n) is 5.77. The molecule has 4 heteroatoms. The fourth-order valence-electron chi connectivity index (χ4n) is 1.21. The summed E-state index contributed by atoms with van der Waals surface area (Å²) in [6.07, 6.45) is 12.5. The Morgan fingerprint density at radius 3 is 1.06 bits per heavy atom. The molecule has 0 fully saturated rings. The molecule has 0 aromatic carbocycles. The SMILES string of the molecule is CCCCCCCCCC.[N-]=C=O.[N-]=C=O. The second-order valence-corrected chi connectivity index (χ2v) is 3.30. The van der Waals surface area contributed by atoms with Crippen molar-refractivity contribution >= 4 is 12.2 Å². The lowest BCUT2D eigenvalue weighted by atomic mass is 10.1. The van der Waals surface area contributed by atoms with Crippen LogP contribution >= 0.6 is 0 Å². The van der Waals surface area contributed by atoms with E-state index in [1.54, 1.807) is 0 Å². The molecule has 0 saturated carbocycles. The minimum atomic E-state index is 0.500. The molecule has 0 unspecified atom stereocenters. The van der Waals surface area contributed by atoms with Crippen molar-refractivity contribution < 1.29 is 9.59 Å². The lowest BCUT2D eigenvalue weighted by Gasteiger charge is -1.97. The van der Waals surface area contributed by atoms with Gasteiger partial charge in [0.05, 0.1) is 0 Å². The Bertz CT molecular complexity index is 150. The van der Waals surface area contributed by atoms with E-state index in [2.05, 4.69) is 13.8 Å². The van der Waals surface area contributed by atoms with Gasteiger partial charge in [-0.2, -0.15) is 0 Å². The van der Waals surface area contributed by atoms with Crippen LogP contribution in [0.4, 0.5) is 0 Å². The summed E-state index contributed by atoms with van der Waals surface area (Å²) < 4.78 is 0. The molecule has 0 amide bonds. The molecule has 0 atom stereocenters. The normalized spacial score (nSPS) is 7.38. The minimum absolute atomic E-state index is 0.500. The van der Waals surface area contributed by atoms with Gasteiger partial charge in [-0.1, -0.05) is 65.2 Å². The summed E-state index contributed by atoms with van der Waals surface area (Å²) in [6.45, 7) is 4.54. The average molecular weight is 226 g/mol. The summed E-state index contributed by atoms with van der Waals surface area (Å²) in [5.41, 5.74) is 0. The molecule has 94 valence electrons. The highest BCUT2D eigenvalue weighted by molar-refractivity contribution is 5.37. The van der Waals surface area contributed by atoms with E-state index in [1.807, 2.05) is 0 Å². The first-order chi connectivity index (χ1) is 7.74. The third-order valence-corrected chi connectivity index (χ3v) is 1.96. The highest BCUT2D eigenvalue weighted by atomic mass is 16.1. The van der Waals surface area contributed by atoms with Gasteiger partial charge in [0.15, 0.2) is 0 Å². The molecule has 4 nitrogen and oxygen atoms in total. The number of isocyanates is 2. The van der Waals surface area contributed by atoms with Crippen LogP contribution in [0, 0.1) is 0 Å². The van der Waals surface area contributed by atoms with Gasteiger partial charge in [0, 0.05) is 0 Å². The van der Waals surface area contributed by atoms with Crippen LogP contribution in [0.5, 0.6) is 0 Å². The third kappa shape index (κ3) is 53.2. The summed E-state index contributed by atoms with van der Waals surface area (Å²) >= 11 is 0. The van der Waals surface area contributed by atoms with Crippen molar-refractivity contribution in [1.82, 2.24) is 0 Å². The number of hydrogen-bond donors (Lipinski definition) is 0. The maximum atomic E-state index is 8.24. The van der Waals surface area contributed by atoms with E-state index in [0.717, 1.165) is 0 Å². The molecule has 0 aliphatic rings. The van der Waals surface area contributed by atoms with Gasteiger partial charge in [-0.25, -0.2) is 0 Å². The van der Waals surface area contributed by atoms with Crippen LogP contribution in [-0.4, -0.2) is 12.2 Å². The predicted octanol–water partition coefficient (Wildman–Crippen LogP) is 3.93. The number of unbranched alkanes of at least 4 members (excludes halogenated alkanes) is 7. The Hall–Kier alpha value is -1.24. The van der Waals surface area contributed by atoms with E-state index in [4.69, 9.17) is 20.4 Å². The minimum Gasteiger partial charge on any atom is -0.724 e. The molecular formula is C12H22N2O2-2. The fraction of sp³-hybridized carbons (Fsp3) is 0.833. The molecule has 0 aliphatic heterocycles. The molecule has 0 aromatic heterocycles. The van der Waals surface area contributed by atoms with Crippen LogP contribution in [0.25, 0.3) is 10.8 Å². The first-order valence-corrected chi connectivity index (χ1v) is 5.77. The zero-order valence-corrected chi connectivity index (χ0v) is 10.4. The second-order valence-electron chi connectivity index (χ2n) is 3.30. The predicted molar refractivity (Wildman–Crippen MR) is 66.4 cm³/mol. The summed E-state index contributed by atoms with van der Waals surface area (Å²) in [5, 5.41) is 13.5. The lowest BCUT2D eigenvalue weighted by Crippen LogP contribution is -1.77. The van der Waals surface area contributed by atoms with Gasteiger partial charge in [-0.15, -0.1) is 0 Å². The van der Waals surface area contributed by atoms with E-state index in [1.165, 1.54) is 51.4 Å². The third-order valence-electron chi connectivity index (χ3n) is 1.96. The Balaban J connectivity index is -0.000000235. The van der Waals surface area contributed by atoms with Crippen LogP contribution < -0.4 is 0 Å². The fourth-order valence-corrected chi connectivity index (χ4v) is 1.21. The average Bonchev–Trinajstić information content (AvgIpc) is 2.26. The smallest absolute Gasteiger partial charge is 0.0159 e. The standard InChI is InChI=1S/C10H22.2CNO/c1-3-5-7-9-10-8-6-4-2;2*2-1-3/h3-10H2,1-2H3;;/q;2*-1. The number of rotatable bonds is 7. The van der Waals surface area contributed by atoms with E-state index < -0.39 is 0 Å². The van der Waals surface area contributed by atoms with Gasteiger partial charge in [-0.05, 0) is 12.2 Å². The molecule has 0 aromatic rings. The van der Waals surface area contributed by atoms with Crippen molar-refractivity contribution in [3.05, 3.63) is 10.8 Å². The van der Waals surface area contributed by atoms with E-state index >= 15 is 0 Å². The quantitative estimate of drug-likeness (QED) is 0.374. The summed E-state index contributed by atoms with van der Waals surface area (Å²) in [5.74, 6) is 0. The number of nitrogens with zero attached hydrogens (tertiary/aromatic N) is 2. The molecule has 0 spiro atoms. The molecular weight excluding hydrogens is 204 g/mol. The monoisotopic (exact) mass is 226 g/mol. The van der Waals surface area contributed by atoms with Crippen molar-refractivity contribution in [3.8, 4) is 0 Å². The van der Waals surface area contributed by atoms with Gasteiger partial charge >= 0.3 is 0 Å². The van der Waals surface area contributed by atoms with E-state index in [0.29, 0.717) is 12.2 Å². The van der Waals surface area contributed by atoms with Gasteiger partial charge in [0.25, 0.3) is 0 Å². The summed E-state index contributed by atoms with van der Waals surface area (Å²) in [6, 6.07) is 0. The van der Waals surface area contributed by atoms with Gasteiger partial charge < -0.3 is 10.8 Å². The largest absolute Gasteiger partial charge is 0.724 e. The zero-order valence-electron chi connectivity index (χ0n) is 10.4. The Kier molecular flexibility index (Phi) is 36.9. The molecule has 0 N–H and O–H groups in total. The maximum absolute atomic E-state index is 8.24. The van der Waals surface area contributed by atoms with Crippen molar-refractivity contribution in [2.24, 2.45) is 0 Å². The second kappa shape index (κ2) is 29.2. The highest BCUT2D eigenvalue weighted by Gasteiger charge is 1.87. The van der Waals surface area contributed by atoms with E-state index in [9.17, 15) is 0 Å². The molecule has 0 bridgehead atoms. The highest BCUT2D eigenvalue weighted by Crippen LogP contribution is 2.07. The van der Waals surface area contributed by atoms with Crippen LogP contribution in [0.3, 0.4) is 0 Å². The van der Waals surface area contributed by atoms with Crippen molar-refractivity contribution in [1.29, 1.82) is 0 Å². The van der Waals surface area contributed by atoms with Gasteiger partial charge in [0.2, 0.25) is 0 Å². The van der Waals surface area contributed by atoms with Crippen LogP contribution in [0.15, 0.2) is 0 Å². The van der Waals surface area contributed by atoms with E-state index in [-0.39, 0.29) is 0 Å². The Morgan fingerprint density at radius 1 is 0.688 bits per heavy atom. The van der Waals surface area contributed by atoms with Gasteiger partial charge in [0.1, 0.15) is 0 Å². The molecule has 0 rings (SSSR count). The number of hydrogen-bond acceptors (Lipinski definition) is 2. The molecule has 16 heavy (non-hydrogen) atoms. The topological polar surface area (TPSA) is 78.7 Å². The first kappa shape index (κ1) is 20.2. The van der Waals surface area contributed by atoms with Gasteiger partial charge in [-0.3, -0.25) is 9.59 Å². The van der Waals surface area contributed by atoms with Crippen LogP contribution in [0.2, 0.25) is 0 Å². The number of carbonyl (C=O) groups excluding carboxylic acids is 2. The molecule has 0 aliphatic carbocycles. The van der Waals surface area contributed by atoms with Crippen LogP contribution in [-0.2, 0) is 9.59 Å². The molecule has 0 saturated heterocycles. The Morgan fingerprint density at radius 2 is 0.875 bits per heavy atom. The molecule has 0 heterocycles. The zero-order chi connectivity index (χ0) is 13.1. The van der Waals surface area contributed by atoms with Crippen molar-refractivity contribution in [2.75, 3.05) is 0 Å². The van der Waals surface area contributed by atoms with Crippen LogP contribution in [0.1, 0.15) is 65.2 Å². The van der Waals surface area contributed by atoms with Crippen molar-refractivity contribution in [3.63, 3.8) is 0 Å². The maximum Gasteiger partial charge on any atom is -0.0159 e. The summed E-state index contributed by atoms with van der Waals surface area (Å²) in [4.78, 5) is 16.5.